The number of likely N-dealkylation sites (tertiary alicyclic amines) is 1. The molecule has 0 amide bonds. The van der Waals surface area contributed by atoms with Crippen LogP contribution in [0.2, 0.25) is 0 Å². The number of benzene rings is 3. The molecule has 0 atom stereocenters. The second-order valence-corrected chi connectivity index (χ2v) is 10.2. The molecule has 0 radical (unpaired) electrons. The van der Waals surface area contributed by atoms with Gasteiger partial charge in [-0.05, 0) is 66.9 Å². The SMILES string of the molecule is OC1(c2ccc(Br)cc2)CCN(CCOc2ccc(Oc3nc4ccccc4s3)cc2)CC1. The number of ether oxygens (including phenoxy) is 2. The van der Waals surface area contributed by atoms with Gasteiger partial charge in [-0.3, -0.25) is 4.90 Å². The number of aromatic nitrogens is 1. The Morgan fingerprint density at radius 2 is 1.64 bits per heavy atom. The second-order valence-electron chi connectivity index (χ2n) is 8.25. The maximum atomic E-state index is 11.0. The van der Waals surface area contributed by atoms with E-state index in [0.717, 1.165) is 64.2 Å². The van der Waals surface area contributed by atoms with Gasteiger partial charge in [0.15, 0.2) is 0 Å². The van der Waals surface area contributed by atoms with Crippen LogP contribution < -0.4 is 9.47 Å². The third-order valence-corrected chi connectivity index (χ3v) is 7.49. The first kappa shape index (κ1) is 22.3. The Morgan fingerprint density at radius 3 is 2.36 bits per heavy atom. The highest BCUT2D eigenvalue weighted by Gasteiger charge is 2.33. The monoisotopic (exact) mass is 524 g/mol. The van der Waals surface area contributed by atoms with Crippen LogP contribution in [0.3, 0.4) is 0 Å². The van der Waals surface area contributed by atoms with Gasteiger partial charge in [0.25, 0.3) is 5.19 Å². The Hall–Kier alpha value is -2.45. The molecule has 4 aromatic rings. The molecule has 1 aromatic heterocycles. The Bertz CT molecular complexity index is 1170. The van der Waals surface area contributed by atoms with E-state index in [1.807, 2.05) is 72.8 Å². The summed E-state index contributed by atoms with van der Waals surface area (Å²) in [6.45, 7) is 3.14. The summed E-state index contributed by atoms with van der Waals surface area (Å²) in [5.74, 6) is 1.56. The minimum atomic E-state index is -0.739. The van der Waals surface area contributed by atoms with Gasteiger partial charge in [-0.25, -0.2) is 4.98 Å². The number of thiazole rings is 1. The van der Waals surface area contributed by atoms with Crippen molar-refractivity contribution in [3.63, 3.8) is 0 Å². The van der Waals surface area contributed by atoms with Crippen molar-refractivity contribution >= 4 is 37.5 Å². The summed E-state index contributed by atoms with van der Waals surface area (Å²) in [6, 6.07) is 23.6. The predicted octanol–water partition coefficient (Wildman–Crippen LogP) is 6.21. The van der Waals surface area contributed by atoms with Crippen molar-refractivity contribution in [1.29, 1.82) is 0 Å². The van der Waals surface area contributed by atoms with Crippen molar-refractivity contribution in [3.8, 4) is 16.7 Å². The fourth-order valence-corrected chi connectivity index (χ4v) is 5.19. The quantitative estimate of drug-likeness (QED) is 0.311. The van der Waals surface area contributed by atoms with E-state index in [1.54, 1.807) is 0 Å². The number of rotatable bonds is 7. The summed E-state index contributed by atoms with van der Waals surface area (Å²) < 4.78 is 14.0. The number of fused-ring (bicyclic) bond motifs is 1. The molecule has 3 aromatic carbocycles. The normalized spacial score (nSPS) is 16.1. The molecule has 2 heterocycles. The highest BCUT2D eigenvalue weighted by atomic mass is 79.9. The zero-order valence-corrected chi connectivity index (χ0v) is 20.5. The first-order valence-corrected chi connectivity index (χ1v) is 12.7. The lowest BCUT2D eigenvalue weighted by Crippen LogP contribution is -2.43. The van der Waals surface area contributed by atoms with Crippen LogP contribution in [0.15, 0.2) is 77.3 Å². The summed E-state index contributed by atoms with van der Waals surface area (Å²) in [7, 11) is 0. The van der Waals surface area contributed by atoms with Crippen molar-refractivity contribution in [2.75, 3.05) is 26.2 Å². The molecule has 0 bridgehead atoms. The smallest absolute Gasteiger partial charge is 0.279 e. The largest absolute Gasteiger partial charge is 0.492 e. The first-order chi connectivity index (χ1) is 16.1. The summed E-state index contributed by atoms with van der Waals surface area (Å²) in [6.07, 6.45) is 1.46. The van der Waals surface area contributed by atoms with Crippen molar-refractivity contribution in [2.45, 2.75) is 18.4 Å². The van der Waals surface area contributed by atoms with E-state index in [1.165, 1.54) is 11.3 Å². The maximum absolute atomic E-state index is 11.0. The minimum Gasteiger partial charge on any atom is -0.492 e. The molecule has 1 saturated heterocycles. The van der Waals surface area contributed by atoms with E-state index in [4.69, 9.17) is 9.47 Å². The molecule has 170 valence electrons. The fourth-order valence-electron chi connectivity index (χ4n) is 4.09. The molecule has 0 aliphatic carbocycles. The van der Waals surface area contributed by atoms with Crippen molar-refractivity contribution in [2.24, 2.45) is 0 Å². The number of halogens is 1. The summed E-state index contributed by atoms with van der Waals surface area (Å²) in [5, 5.41) is 11.7. The highest BCUT2D eigenvalue weighted by molar-refractivity contribution is 9.10. The Labute approximate surface area is 205 Å². The van der Waals surface area contributed by atoms with Crippen LogP contribution in [0.1, 0.15) is 18.4 Å². The molecule has 1 aliphatic heterocycles. The van der Waals surface area contributed by atoms with Crippen molar-refractivity contribution in [3.05, 3.63) is 82.8 Å². The molecule has 0 spiro atoms. The standard InChI is InChI=1S/C26H25BrN2O3S/c27-20-7-5-19(6-8-20)26(30)13-15-29(16-14-26)17-18-31-21-9-11-22(12-10-21)32-25-28-23-3-1-2-4-24(23)33-25/h1-12,30H,13-18H2. The van der Waals surface area contributed by atoms with Crippen LogP contribution in [-0.2, 0) is 5.60 Å². The van der Waals surface area contributed by atoms with Gasteiger partial charge >= 0.3 is 0 Å². The summed E-state index contributed by atoms with van der Waals surface area (Å²) in [5.41, 5.74) is 1.21. The van der Waals surface area contributed by atoms with Crippen LogP contribution in [0.5, 0.6) is 16.7 Å². The molecule has 0 unspecified atom stereocenters. The second kappa shape index (κ2) is 9.81. The van der Waals surface area contributed by atoms with E-state index in [-0.39, 0.29) is 0 Å². The molecular formula is C26H25BrN2O3S. The van der Waals surface area contributed by atoms with Crippen LogP contribution in [0, 0.1) is 0 Å². The third kappa shape index (κ3) is 5.38. The number of hydrogen-bond acceptors (Lipinski definition) is 6. The van der Waals surface area contributed by atoms with Gasteiger partial charge in [0.1, 0.15) is 18.1 Å². The summed E-state index contributed by atoms with van der Waals surface area (Å²) in [4.78, 5) is 6.85. The summed E-state index contributed by atoms with van der Waals surface area (Å²) >= 11 is 4.99. The number of nitrogens with zero attached hydrogens (tertiary/aromatic N) is 2. The van der Waals surface area contributed by atoms with Crippen LogP contribution in [0.25, 0.3) is 10.2 Å². The van der Waals surface area contributed by atoms with Crippen LogP contribution >= 0.6 is 27.3 Å². The van der Waals surface area contributed by atoms with E-state index < -0.39 is 5.60 Å². The zero-order chi connectivity index (χ0) is 22.7. The van der Waals surface area contributed by atoms with Gasteiger partial charge in [0.05, 0.1) is 15.8 Å². The van der Waals surface area contributed by atoms with Crippen molar-refractivity contribution < 1.29 is 14.6 Å². The number of para-hydroxylation sites is 1. The zero-order valence-electron chi connectivity index (χ0n) is 18.1. The molecule has 0 saturated carbocycles. The lowest BCUT2D eigenvalue weighted by Gasteiger charge is -2.38. The third-order valence-electron chi connectivity index (χ3n) is 6.04. The molecular weight excluding hydrogens is 500 g/mol. The fraction of sp³-hybridized carbons (Fsp3) is 0.269. The number of aliphatic hydroxyl groups is 1. The van der Waals surface area contributed by atoms with E-state index in [9.17, 15) is 5.11 Å². The highest BCUT2D eigenvalue weighted by Crippen LogP contribution is 2.34. The van der Waals surface area contributed by atoms with Crippen LogP contribution in [0.4, 0.5) is 0 Å². The van der Waals surface area contributed by atoms with E-state index in [0.29, 0.717) is 11.8 Å². The number of hydrogen-bond donors (Lipinski definition) is 1. The maximum Gasteiger partial charge on any atom is 0.279 e. The number of piperidine rings is 1. The average Bonchev–Trinajstić information content (AvgIpc) is 3.24. The van der Waals surface area contributed by atoms with Gasteiger partial charge in [0, 0.05) is 24.1 Å². The molecule has 33 heavy (non-hydrogen) atoms. The first-order valence-electron chi connectivity index (χ1n) is 11.0. The van der Waals surface area contributed by atoms with Gasteiger partial charge in [0.2, 0.25) is 0 Å². The van der Waals surface area contributed by atoms with E-state index in [2.05, 4.69) is 25.8 Å². The van der Waals surface area contributed by atoms with Gasteiger partial charge in [-0.2, -0.15) is 0 Å². The lowest BCUT2D eigenvalue weighted by atomic mass is 9.84. The molecule has 1 fully saturated rings. The van der Waals surface area contributed by atoms with Crippen molar-refractivity contribution in [1.82, 2.24) is 9.88 Å². The van der Waals surface area contributed by atoms with Gasteiger partial charge < -0.3 is 14.6 Å². The van der Waals surface area contributed by atoms with Gasteiger partial charge in [-0.1, -0.05) is 51.5 Å². The molecule has 7 heteroatoms. The Morgan fingerprint density at radius 1 is 0.939 bits per heavy atom. The Kier molecular flexibility index (Phi) is 6.64. The Balaban J connectivity index is 1.08. The molecule has 1 N–H and O–H groups in total. The van der Waals surface area contributed by atoms with E-state index >= 15 is 0 Å². The van der Waals surface area contributed by atoms with Gasteiger partial charge in [-0.15, -0.1) is 0 Å². The topological polar surface area (TPSA) is 54.8 Å². The molecule has 1 aliphatic rings. The molecule has 5 rings (SSSR count). The minimum absolute atomic E-state index is 0.606. The van der Waals surface area contributed by atoms with Crippen LogP contribution in [-0.4, -0.2) is 41.2 Å². The molecule has 5 nitrogen and oxygen atoms in total. The predicted molar refractivity (Wildman–Crippen MR) is 135 cm³/mol. The lowest BCUT2D eigenvalue weighted by molar-refractivity contribution is -0.0278. The average molecular weight is 525 g/mol.